The Kier molecular flexibility index (Phi) is 8.02. The molecule has 124 valence electrons. The van der Waals surface area contributed by atoms with Crippen LogP contribution in [0.25, 0.3) is 0 Å². The molecule has 0 amide bonds. The molecule has 0 aliphatic rings. The second-order valence-electron chi connectivity index (χ2n) is 4.68. The number of halogens is 1. The number of hydrogen-bond donors (Lipinski definition) is 0. The lowest BCUT2D eigenvalue weighted by Gasteiger charge is -2.30. The van der Waals surface area contributed by atoms with E-state index in [4.69, 9.17) is 30.2 Å². The van der Waals surface area contributed by atoms with Crippen LogP contribution in [0.2, 0.25) is 0 Å². The topological polar surface area (TPSA) is 36.9 Å². The Morgan fingerprint density at radius 3 is 2.41 bits per heavy atom. The average molecular weight is 347 g/mol. The lowest BCUT2D eigenvalue weighted by atomic mass is 9.93. The molecule has 1 aromatic rings. The highest BCUT2D eigenvalue weighted by Gasteiger charge is 2.32. The van der Waals surface area contributed by atoms with Gasteiger partial charge in [-0.15, -0.1) is 0 Å². The van der Waals surface area contributed by atoms with Crippen LogP contribution in [0.3, 0.4) is 0 Å². The van der Waals surface area contributed by atoms with Crippen LogP contribution in [0.5, 0.6) is 17.2 Å². The van der Waals surface area contributed by atoms with Crippen LogP contribution in [0.1, 0.15) is 25.8 Å². The summed E-state index contributed by atoms with van der Waals surface area (Å²) in [6.45, 7) is 4.21. The van der Waals surface area contributed by atoms with Gasteiger partial charge in [0.25, 0.3) is 0 Å². The van der Waals surface area contributed by atoms with E-state index >= 15 is 0 Å². The van der Waals surface area contributed by atoms with Crippen LogP contribution in [-0.4, -0.2) is 28.1 Å². The highest BCUT2D eigenvalue weighted by atomic mass is 35.7. The smallest absolute Gasteiger partial charge is 0.188 e. The van der Waals surface area contributed by atoms with Gasteiger partial charge in [0.15, 0.2) is 18.3 Å². The second-order valence-corrected chi connectivity index (χ2v) is 6.32. The maximum Gasteiger partial charge on any atom is 0.188 e. The van der Waals surface area contributed by atoms with Crippen molar-refractivity contribution in [3.63, 3.8) is 0 Å². The van der Waals surface area contributed by atoms with Gasteiger partial charge in [0.1, 0.15) is 5.75 Å². The van der Waals surface area contributed by atoms with E-state index in [0.717, 1.165) is 12.0 Å². The van der Waals surface area contributed by atoms with Crippen LogP contribution in [0.15, 0.2) is 24.3 Å². The Hall–Kier alpha value is -0.960. The van der Waals surface area contributed by atoms with Crippen molar-refractivity contribution in [2.45, 2.75) is 25.4 Å². The monoisotopic (exact) mass is 346 g/mol. The molecule has 0 saturated heterocycles. The summed E-state index contributed by atoms with van der Waals surface area (Å²) in [5.74, 6) is 1.94. The van der Waals surface area contributed by atoms with Crippen molar-refractivity contribution in [2.75, 3.05) is 28.1 Å². The van der Waals surface area contributed by atoms with E-state index in [1.807, 2.05) is 19.1 Å². The third-order valence-corrected chi connectivity index (χ3v) is 5.60. The fraction of sp³-hybridized carbons (Fsp3) is 0.500. The SMILES string of the molecule is C/C=C\C(CC)(PCl)c1cc(OC)cc(OC)c1OCOC. The summed E-state index contributed by atoms with van der Waals surface area (Å²) in [5, 5.41) is -0.332. The number of ether oxygens (including phenoxy) is 4. The molecule has 0 heterocycles. The fourth-order valence-corrected chi connectivity index (χ4v) is 3.82. The quantitative estimate of drug-likeness (QED) is 0.369. The van der Waals surface area contributed by atoms with Gasteiger partial charge in [0.05, 0.1) is 14.2 Å². The van der Waals surface area contributed by atoms with Gasteiger partial charge in [-0.2, -0.15) is 0 Å². The highest BCUT2D eigenvalue weighted by molar-refractivity contribution is 7.69. The number of methoxy groups -OCH3 is 3. The predicted octanol–water partition coefficient (Wildman–Crippen LogP) is 4.70. The minimum atomic E-state index is -0.332. The van der Waals surface area contributed by atoms with Crippen LogP contribution in [-0.2, 0) is 9.89 Å². The molecule has 0 radical (unpaired) electrons. The molecule has 1 rings (SSSR count). The zero-order valence-corrected chi connectivity index (χ0v) is 15.5. The summed E-state index contributed by atoms with van der Waals surface area (Å²) >= 11 is 6.34. The fourth-order valence-electron chi connectivity index (χ4n) is 2.28. The molecular weight excluding hydrogens is 323 g/mol. The Bertz CT molecular complexity index is 501. The van der Waals surface area contributed by atoms with Gasteiger partial charge in [-0.05, 0) is 27.3 Å². The van der Waals surface area contributed by atoms with E-state index in [9.17, 15) is 0 Å². The summed E-state index contributed by atoms with van der Waals surface area (Å²) in [6, 6.07) is 3.74. The molecule has 2 unspecified atom stereocenters. The maximum atomic E-state index is 6.34. The van der Waals surface area contributed by atoms with Crippen molar-refractivity contribution in [1.82, 2.24) is 0 Å². The molecule has 2 atom stereocenters. The molecule has 0 aliphatic heterocycles. The van der Waals surface area contributed by atoms with Crippen molar-refractivity contribution in [1.29, 1.82) is 0 Å². The molecule has 6 heteroatoms. The summed E-state index contributed by atoms with van der Waals surface area (Å²) < 4.78 is 21.7. The molecule has 0 spiro atoms. The van der Waals surface area contributed by atoms with Crippen LogP contribution in [0, 0.1) is 0 Å². The lowest BCUT2D eigenvalue weighted by Crippen LogP contribution is -2.18. The first-order chi connectivity index (χ1) is 10.6. The number of allylic oxidation sites excluding steroid dienone is 2. The first-order valence-corrected chi connectivity index (χ1v) is 9.03. The molecule has 0 N–H and O–H groups in total. The molecule has 1 aromatic carbocycles. The molecule has 0 fully saturated rings. The van der Waals surface area contributed by atoms with Crippen LogP contribution >= 0.6 is 19.2 Å². The van der Waals surface area contributed by atoms with Crippen molar-refractivity contribution in [3.05, 3.63) is 29.8 Å². The van der Waals surface area contributed by atoms with Gasteiger partial charge in [-0.3, -0.25) is 0 Å². The van der Waals surface area contributed by atoms with Crippen molar-refractivity contribution >= 4 is 19.2 Å². The molecule has 0 aliphatic carbocycles. The van der Waals surface area contributed by atoms with E-state index < -0.39 is 0 Å². The molecule has 0 saturated carbocycles. The van der Waals surface area contributed by atoms with Crippen molar-refractivity contribution in [2.24, 2.45) is 0 Å². The standard InChI is InChI=1S/C16H24ClO4P/c1-6-8-16(7-2,22-17)13-9-12(19-4)10-14(20-5)15(13)21-11-18-3/h6,8-10,22H,7,11H2,1-5H3/b8-6-. The third kappa shape index (κ3) is 4.07. The number of hydrogen-bond acceptors (Lipinski definition) is 4. The van der Waals surface area contributed by atoms with Gasteiger partial charge in [-0.25, -0.2) is 0 Å². The number of benzene rings is 1. The summed E-state index contributed by atoms with van der Waals surface area (Å²) in [7, 11) is 4.96. The third-order valence-electron chi connectivity index (χ3n) is 3.46. The first kappa shape index (κ1) is 19.1. The Labute approximate surface area is 139 Å². The van der Waals surface area contributed by atoms with E-state index in [0.29, 0.717) is 17.2 Å². The number of rotatable bonds is 9. The van der Waals surface area contributed by atoms with Gasteiger partial charge in [-0.1, -0.05) is 30.3 Å². The molecule has 0 aromatic heterocycles. The van der Waals surface area contributed by atoms with Gasteiger partial charge in [0.2, 0.25) is 0 Å². The van der Waals surface area contributed by atoms with Crippen molar-refractivity contribution in [3.8, 4) is 17.2 Å². The molecular formula is C16H24ClO4P. The molecule has 22 heavy (non-hydrogen) atoms. The summed E-state index contributed by atoms with van der Waals surface area (Å²) in [5.41, 5.74) is 0.940. The largest absolute Gasteiger partial charge is 0.497 e. The highest BCUT2D eigenvalue weighted by Crippen LogP contribution is 2.54. The first-order valence-electron chi connectivity index (χ1n) is 7.02. The van der Waals surface area contributed by atoms with E-state index in [-0.39, 0.29) is 19.9 Å². The minimum absolute atomic E-state index is 0.136. The maximum absolute atomic E-state index is 6.34. The zero-order valence-electron chi connectivity index (χ0n) is 13.7. The van der Waals surface area contributed by atoms with Crippen molar-refractivity contribution < 1.29 is 18.9 Å². The normalized spacial score (nSPS) is 14.5. The van der Waals surface area contributed by atoms with E-state index in [1.54, 1.807) is 27.4 Å². The Morgan fingerprint density at radius 1 is 1.23 bits per heavy atom. The van der Waals surface area contributed by atoms with E-state index in [1.165, 1.54) is 0 Å². The second kappa shape index (κ2) is 9.24. The predicted molar refractivity (Wildman–Crippen MR) is 93.0 cm³/mol. The molecule has 4 nitrogen and oxygen atoms in total. The lowest BCUT2D eigenvalue weighted by molar-refractivity contribution is 0.0481. The van der Waals surface area contributed by atoms with E-state index in [2.05, 4.69) is 13.0 Å². The summed E-state index contributed by atoms with van der Waals surface area (Å²) in [4.78, 5) is 0. The average Bonchev–Trinajstić information content (AvgIpc) is 2.57. The molecule has 0 bridgehead atoms. The Balaban J connectivity index is 3.58. The van der Waals surface area contributed by atoms with Crippen LogP contribution < -0.4 is 14.2 Å². The van der Waals surface area contributed by atoms with Gasteiger partial charge < -0.3 is 18.9 Å². The van der Waals surface area contributed by atoms with Gasteiger partial charge in [0, 0.05) is 23.9 Å². The zero-order chi connectivity index (χ0) is 16.6. The van der Waals surface area contributed by atoms with Gasteiger partial charge >= 0.3 is 0 Å². The Morgan fingerprint density at radius 2 is 1.95 bits per heavy atom. The minimum Gasteiger partial charge on any atom is -0.497 e. The van der Waals surface area contributed by atoms with Crippen LogP contribution in [0.4, 0.5) is 0 Å². The summed E-state index contributed by atoms with van der Waals surface area (Å²) in [6.07, 6.45) is 4.94.